The molecular formula is C27H39N3O2. The standard InChI is InChI=1S/C27H39N3O2/c1-21(2)30-15-13-29(14-16-30)12-5-17-32-25-10-11-26-23(18-25)19-28(3)20-27(26)22-6-8-24(31-4)9-7-22/h6-11,18,21,27H,5,12-17,19-20H2,1-4H3. The van der Waals surface area contributed by atoms with E-state index in [2.05, 4.69) is 78.1 Å². The highest BCUT2D eigenvalue weighted by molar-refractivity contribution is 5.45. The smallest absolute Gasteiger partial charge is 0.119 e. The summed E-state index contributed by atoms with van der Waals surface area (Å²) in [6, 6.07) is 15.8. The molecule has 0 spiro atoms. The lowest BCUT2D eigenvalue weighted by molar-refractivity contribution is 0.104. The summed E-state index contributed by atoms with van der Waals surface area (Å²) in [6.07, 6.45) is 1.08. The molecule has 1 atom stereocenters. The van der Waals surface area contributed by atoms with E-state index in [1.54, 1.807) is 7.11 Å². The molecular weight excluding hydrogens is 398 g/mol. The molecule has 32 heavy (non-hydrogen) atoms. The first-order valence-corrected chi connectivity index (χ1v) is 12.1. The Kier molecular flexibility index (Phi) is 7.71. The molecule has 2 heterocycles. The molecule has 5 heteroatoms. The number of hydrogen-bond acceptors (Lipinski definition) is 5. The van der Waals surface area contributed by atoms with E-state index in [0.717, 1.165) is 44.2 Å². The minimum Gasteiger partial charge on any atom is -0.497 e. The SMILES string of the molecule is COc1ccc(C2CN(C)Cc3cc(OCCCN4CCN(C(C)C)CC4)ccc32)cc1. The summed E-state index contributed by atoms with van der Waals surface area (Å²) in [5, 5.41) is 0. The Hall–Kier alpha value is -2.08. The third kappa shape index (κ3) is 5.64. The Morgan fingerprint density at radius 1 is 0.969 bits per heavy atom. The number of benzene rings is 2. The molecule has 0 aromatic heterocycles. The van der Waals surface area contributed by atoms with Crippen LogP contribution in [0.15, 0.2) is 42.5 Å². The highest BCUT2D eigenvalue weighted by atomic mass is 16.5. The van der Waals surface area contributed by atoms with Gasteiger partial charge in [-0.2, -0.15) is 0 Å². The molecule has 2 aliphatic rings. The van der Waals surface area contributed by atoms with Gasteiger partial charge in [-0.05, 0) is 68.3 Å². The molecule has 1 fully saturated rings. The van der Waals surface area contributed by atoms with E-state index in [1.165, 1.54) is 42.9 Å². The largest absolute Gasteiger partial charge is 0.497 e. The maximum atomic E-state index is 6.16. The van der Waals surface area contributed by atoms with Gasteiger partial charge in [-0.1, -0.05) is 18.2 Å². The highest BCUT2D eigenvalue weighted by Crippen LogP contribution is 2.35. The minimum atomic E-state index is 0.383. The number of nitrogens with zero attached hydrogens (tertiary/aromatic N) is 3. The lowest BCUT2D eigenvalue weighted by atomic mass is 9.84. The fourth-order valence-electron chi connectivity index (χ4n) is 5.02. The summed E-state index contributed by atoms with van der Waals surface area (Å²) in [5.74, 6) is 2.29. The number of ether oxygens (including phenoxy) is 2. The lowest BCUT2D eigenvalue weighted by Crippen LogP contribution is -2.49. The van der Waals surface area contributed by atoms with Crippen LogP contribution in [0.3, 0.4) is 0 Å². The van der Waals surface area contributed by atoms with Gasteiger partial charge in [-0.3, -0.25) is 4.90 Å². The van der Waals surface area contributed by atoms with E-state index < -0.39 is 0 Å². The van der Waals surface area contributed by atoms with Crippen molar-refractivity contribution in [3.63, 3.8) is 0 Å². The van der Waals surface area contributed by atoms with Crippen molar-refractivity contribution in [2.24, 2.45) is 0 Å². The molecule has 2 aromatic carbocycles. The van der Waals surface area contributed by atoms with Crippen LogP contribution in [0.25, 0.3) is 0 Å². The van der Waals surface area contributed by atoms with Crippen LogP contribution in [0.1, 0.15) is 42.9 Å². The predicted molar refractivity (Wildman–Crippen MR) is 131 cm³/mol. The topological polar surface area (TPSA) is 28.2 Å². The number of methoxy groups -OCH3 is 1. The molecule has 4 rings (SSSR count). The van der Waals surface area contributed by atoms with Crippen LogP contribution in [-0.4, -0.2) is 80.8 Å². The van der Waals surface area contributed by atoms with Gasteiger partial charge in [0.25, 0.3) is 0 Å². The fourth-order valence-corrected chi connectivity index (χ4v) is 5.02. The van der Waals surface area contributed by atoms with E-state index in [9.17, 15) is 0 Å². The summed E-state index contributed by atoms with van der Waals surface area (Å²) < 4.78 is 11.5. The summed E-state index contributed by atoms with van der Waals surface area (Å²) in [6.45, 7) is 13.2. The van der Waals surface area contributed by atoms with Gasteiger partial charge in [0.15, 0.2) is 0 Å². The maximum absolute atomic E-state index is 6.16. The normalized spacial score (nSPS) is 20.3. The zero-order chi connectivity index (χ0) is 22.5. The average molecular weight is 438 g/mol. The van der Waals surface area contributed by atoms with Gasteiger partial charge in [0.05, 0.1) is 13.7 Å². The average Bonchev–Trinajstić information content (AvgIpc) is 2.81. The lowest BCUT2D eigenvalue weighted by Gasteiger charge is -2.36. The van der Waals surface area contributed by atoms with Crippen molar-refractivity contribution >= 4 is 0 Å². The molecule has 0 N–H and O–H groups in total. The van der Waals surface area contributed by atoms with Crippen molar-refractivity contribution in [1.82, 2.24) is 14.7 Å². The summed E-state index contributed by atoms with van der Waals surface area (Å²) in [5.41, 5.74) is 4.13. The Balaban J connectivity index is 1.31. The van der Waals surface area contributed by atoms with Crippen molar-refractivity contribution in [3.05, 3.63) is 59.2 Å². The van der Waals surface area contributed by atoms with Gasteiger partial charge in [0.1, 0.15) is 11.5 Å². The first-order chi connectivity index (χ1) is 15.5. The number of piperazine rings is 1. The molecule has 5 nitrogen and oxygen atoms in total. The van der Waals surface area contributed by atoms with Crippen LogP contribution in [0, 0.1) is 0 Å². The quantitative estimate of drug-likeness (QED) is 0.581. The monoisotopic (exact) mass is 437 g/mol. The van der Waals surface area contributed by atoms with E-state index in [1.807, 2.05) is 0 Å². The maximum Gasteiger partial charge on any atom is 0.119 e. The van der Waals surface area contributed by atoms with Gasteiger partial charge >= 0.3 is 0 Å². The summed E-state index contributed by atoms with van der Waals surface area (Å²) in [7, 11) is 3.92. The second kappa shape index (κ2) is 10.7. The summed E-state index contributed by atoms with van der Waals surface area (Å²) >= 11 is 0. The van der Waals surface area contributed by atoms with Crippen molar-refractivity contribution < 1.29 is 9.47 Å². The van der Waals surface area contributed by atoms with E-state index in [4.69, 9.17) is 9.47 Å². The van der Waals surface area contributed by atoms with Crippen LogP contribution in [0.2, 0.25) is 0 Å². The first kappa shape index (κ1) is 23.1. The molecule has 0 saturated carbocycles. The van der Waals surface area contributed by atoms with Crippen LogP contribution in [0.4, 0.5) is 0 Å². The van der Waals surface area contributed by atoms with Crippen LogP contribution < -0.4 is 9.47 Å². The zero-order valence-electron chi connectivity index (χ0n) is 20.2. The molecule has 2 aliphatic heterocycles. The molecule has 0 bridgehead atoms. The Morgan fingerprint density at radius 3 is 2.38 bits per heavy atom. The van der Waals surface area contributed by atoms with Crippen molar-refractivity contribution in [2.75, 3.05) is 60.0 Å². The fraction of sp³-hybridized carbons (Fsp3) is 0.556. The number of fused-ring (bicyclic) bond motifs is 1. The number of likely N-dealkylation sites (N-methyl/N-ethyl adjacent to an activating group) is 1. The molecule has 0 aliphatic carbocycles. The second-order valence-electron chi connectivity index (χ2n) is 9.56. The van der Waals surface area contributed by atoms with Crippen molar-refractivity contribution in [3.8, 4) is 11.5 Å². The number of rotatable bonds is 8. The van der Waals surface area contributed by atoms with Gasteiger partial charge in [0, 0.05) is 57.8 Å². The van der Waals surface area contributed by atoms with Gasteiger partial charge < -0.3 is 19.3 Å². The van der Waals surface area contributed by atoms with Crippen molar-refractivity contribution in [1.29, 1.82) is 0 Å². The molecule has 1 saturated heterocycles. The zero-order valence-corrected chi connectivity index (χ0v) is 20.2. The second-order valence-corrected chi connectivity index (χ2v) is 9.56. The third-order valence-electron chi connectivity index (χ3n) is 6.97. The first-order valence-electron chi connectivity index (χ1n) is 12.1. The predicted octanol–water partition coefficient (Wildman–Crippen LogP) is 4.07. The van der Waals surface area contributed by atoms with Crippen LogP contribution in [-0.2, 0) is 6.54 Å². The Bertz CT molecular complexity index is 860. The van der Waals surface area contributed by atoms with Gasteiger partial charge in [0.2, 0.25) is 0 Å². The third-order valence-corrected chi connectivity index (χ3v) is 6.97. The minimum absolute atomic E-state index is 0.383. The van der Waals surface area contributed by atoms with Crippen molar-refractivity contribution in [2.45, 2.75) is 38.8 Å². The van der Waals surface area contributed by atoms with E-state index >= 15 is 0 Å². The highest BCUT2D eigenvalue weighted by Gasteiger charge is 2.25. The van der Waals surface area contributed by atoms with Gasteiger partial charge in [-0.25, -0.2) is 0 Å². The van der Waals surface area contributed by atoms with Crippen LogP contribution in [0.5, 0.6) is 11.5 Å². The molecule has 0 amide bonds. The Morgan fingerprint density at radius 2 is 1.69 bits per heavy atom. The molecule has 0 radical (unpaired) electrons. The molecule has 2 aromatic rings. The summed E-state index contributed by atoms with van der Waals surface area (Å²) in [4.78, 5) is 7.54. The number of hydrogen-bond donors (Lipinski definition) is 0. The molecule has 1 unspecified atom stereocenters. The van der Waals surface area contributed by atoms with E-state index in [0.29, 0.717) is 12.0 Å². The van der Waals surface area contributed by atoms with E-state index in [-0.39, 0.29) is 0 Å². The Labute approximate surface area is 193 Å². The van der Waals surface area contributed by atoms with Gasteiger partial charge in [-0.15, -0.1) is 0 Å². The van der Waals surface area contributed by atoms with Crippen LogP contribution >= 0.6 is 0 Å². The molecule has 174 valence electrons.